The molecule has 0 fully saturated rings. The van der Waals surface area contributed by atoms with Crippen LogP contribution in [0.5, 0.6) is 5.75 Å². The first-order valence-corrected chi connectivity index (χ1v) is 9.06. The molecule has 0 radical (unpaired) electrons. The molecule has 7 nitrogen and oxygen atoms in total. The average molecular weight is 394 g/mol. The highest BCUT2D eigenvalue weighted by molar-refractivity contribution is 6.04. The molecular formula is C21H19FN4O3. The van der Waals surface area contributed by atoms with Gasteiger partial charge in [0.25, 0.3) is 5.91 Å². The number of carbonyl (C=O) groups is 2. The first-order valence-electron chi connectivity index (χ1n) is 9.06. The van der Waals surface area contributed by atoms with Gasteiger partial charge in [-0.1, -0.05) is 18.2 Å². The zero-order chi connectivity index (χ0) is 20.5. The Kier molecular flexibility index (Phi) is 4.75. The van der Waals surface area contributed by atoms with E-state index in [1.165, 1.54) is 22.9 Å². The third kappa shape index (κ3) is 3.56. The Morgan fingerprint density at radius 3 is 2.83 bits per heavy atom. The van der Waals surface area contributed by atoms with Crippen molar-refractivity contribution < 1.29 is 18.7 Å². The standard InChI is InChI=1S/C21H19FN4O3/c1-12-19(13-5-3-8-16(9-13)29-2)20-24-21(28)17(26(20)25-12)11-18(27)23-15-7-4-6-14(22)10-15/h3-10,17H,11H2,1-2H3,(H,23,27)(H,24,28). The Morgan fingerprint density at radius 1 is 1.28 bits per heavy atom. The minimum atomic E-state index is -0.781. The maximum Gasteiger partial charge on any atom is 0.251 e. The first-order chi connectivity index (χ1) is 14.0. The first kappa shape index (κ1) is 18.7. The quantitative estimate of drug-likeness (QED) is 0.693. The fourth-order valence-electron chi connectivity index (χ4n) is 3.46. The number of amides is 2. The lowest BCUT2D eigenvalue weighted by atomic mass is 10.1. The molecule has 29 heavy (non-hydrogen) atoms. The van der Waals surface area contributed by atoms with E-state index in [9.17, 15) is 14.0 Å². The molecule has 2 aromatic carbocycles. The van der Waals surface area contributed by atoms with E-state index in [2.05, 4.69) is 15.7 Å². The normalized spacial score (nSPS) is 15.0. The van der Waals surface area contributed by atoms with Crippen LogP contribution in [0.4, 0.5) is 15.9 Å². The largest absolute Gasteiger partial charge is 0.497 e. The van der Waals surface area contributed by atoms with Gasteiger partial charge in [0.15, 0.2) is 0 Å². The van der Waals surface area contributed by atoms with Crippen molar-refractivity contribution in [2.45, 2.75) is 19.4 Å². The van der Waals surface area contributed by atoms with Crippen LogP contribution in [0, 0.1) is 12.7 Å². The second-order valence-electron chi connectivity index (χ2n) is 6.75. The lowest BCUT2D eigenvalue weighted by molar-refractivity contribution is -0.123. The minimum absolute atomic E-state index is 0.117. The molecule has 1 aromatic heterocycles. The molecule has 2 heterocycles. The minimum Gasteiger partial charge on any atom is -0.497 e. The van der Waals surface area contributed by atoms with Crippen LogP contribution >= 0.6 is 0 Å². The summed E-state index contributed by atoms with van der Waals surface area (Å²) in [5, 5.41) is 9.93. The van der Waals surface area contributed by atoms with Crippen LogP contribution in [0.25, 0.3) is 11.1 Å². The fraction of sp³-hybridized carbons (Fsp3) is 0.190. The number of nitrogens with zero attached hydrogens (tertiary/aromatic N) is 2. The summed E-state index contributed by atoms with van der Waals surface area (Å²) in [6, 6.07) is 12.3. The Balaban J connectivity index is 1.59. The summed E-state index contributed by atoms with van der Waals surface area (Å²) in [6.07, 6.45) is -0.117. The molecule has 2 N–H and O–H groups in total. The van der Waals surface area contributed by atoms with Gasteiger partial charge < -0.3 is 15.4 Å². The number of anilines is 2. The lowest BCUT2D eigenvalue weighted by Gasteiger charge is -2.10. The Labute approximate surface area is 166 Å². The van der Waals surface area contributed by atoms with Gasteiger partial charge in [-0.05, 0) is 42.8 Å². The molecule has 0 saturated carbocycles. The zero-order valence-electron chi connectivity index (χ0n) is 15.9. The molecule has 4 rings (SSSR count). The van der Waals surface area contributed by atoms with Gasteiger partial charge in [0, 0.05) is 11.3 Å². The maximum absolute atomic E-state index is 13.3. The van der Waals surface area contributed by atoms with Crippen LogP contribution in [0.15, 0.2) is 48.5 Å². The summed E-state index contributed by atoms with van der Waals surface area (Å²) < 4.78 is 20.1. The molecule has 148 valence electrons. The van der Waals surface area contributed by atoms with E-state index in [0.717, 1.165) is 16.8 Å². The summed E-state index contributed by atoms with van der Waals surface area (Å²) in [7, 11) is 1.59. The van der Waals surface area contributed by atoms with Crippen molar-refractivity contribution in [2.24, 2.45) is 0 Å². The monoisotopic (exact) mass is 394 g/mol. The number of aromatic nitrogens is 2. The topological polar surface area (TPSA) is 85.2 Å². The van der Waals surface area contributed by atoms with Gasteiger partial charge in [0.05, 0.1) is 19.2 Å². The number of benzene rings is 2. The van der Waals surface area contributed by atoms with Crippen LogP contribution in [-0.2, 0) is 9.59 Å². The molecule has 3 aromatic rings. The molecule has 0 saturated heterocycles. The predicted molar refractivity (Wildman–Crippen MR) is 106 cm³/mol. The van der Waals surface area contributed by atoms with Gasteiger partial charge in [-0.2, -0.15) is 5.10 Å². The van der Waals surface area contributed by atoms with Crippen LogP contribution in [0.1, 0.15) is 18.2 Å². The third-order valence-corrected chi connectivity index (χ3v) is 4.77. The van der Waals surface area contributed by atoms with Crippen LogP contribution < -0.4 is 15.4 Å². The van der Waals surface area contributed by atoms with Crippen molar-refractivity contribution in [3.63, 3.8) is 0 Å². The van der Waals surface area contributed by atoms with E-state index in [0.29, 0.717) is 17.3 Å². The molecule has 0 spiro atoms. The number of methoxy groups -OCH3 is 1. The van der Waals surface area contributed by atoms with E-state index in [4.69, 9.17) is 4.74 Å². The van der Waals surface area contributed by atoms with Crippen molar-refractivity contribution in [1.29, 1.82) is 0 Å². The molecule has 0 bridgehead atoms. The van der Waals surface area contributed by atoms with E-state index < -0.39 is 17.8 Å². The summed E-state index contributed by atoms with van der Waals surface area (Å²) in [6.45, 7) is 1.84. The van der Waals surface area contributed by atoms with E-state index >= 15 is 0 Å². The van der Waals surface area contributed by atoms with Gasteiger partial charge in [-0.15, -0.1) is 0 Å². The number of carbonyl (C=O) groups excluding carboxylic acids is 2. The zero-order valence-corrected chi connectivity index (χ0v) is 15.9. The molecule has 1 atom stereocenters. The Bertz CT molecular complexity index is 1110. The van der Waals surface area contributed by atoms with Gasteiger partial charge in [-0.25, -0.2) is 9.07 Å². The van der Waals surface area contributed by atoms with Crippen LogP contribution in [-0.4, -0.2) is 28.7 Å². The SMILES string of the molecule is COc1cccc(-c2c(C)nn3c2NC(=O)C3CC(=O)Nc2cccc(F)c2)c1. The molecule has 0 aliphatic carbocycles. The summed E-state index contributed by atoms with van der Waals surface area (Å²) in [5.74, 6) is 0.0709. The number of nitrogens with one attached hydrogen (secondary N) is 2. The van der Waals surface area contributed by atoms with Crippen LogP contribution in [0.3, 0.4) is 0 Å². The van der Waals surface area contributed by atoms with E-state index in [1.807, 2.05) is 31.2 Å². The van der Waals surface area contributed by atoms with Crippen LogP contribution in [0.2, 0.25) is 0 Å². The maximum atomic E-state index is 13.3. The number of aryl methyl sites for hydroxylation is 1. The summed E-state index contributed by atoms with van der Waals surface area (Å²) >= 11 is 0. The Morgan fingerprint density at radius 2 is 2.07 bits per heavy atom. The highest BCUT2D eigenvalue weighted by atomic mass is 19.1. The smallest absolute Gasteiger partial charge is 0.251 e. The van der Waals surface area contributed by atoms with Crippen molar-refractivity contribution in [3.8, 4) is 16.9 Å². The third-order valence-electron chi connectivity index (χ3n) is 4.77. The summed E-state index contributed by atoms with van der Waals surface area (Å²) in [4.78, 5) is 24.9. The molecular weight excluding hydrogens is 375 g/mol. The lowest BCUT2D eigenvalue weighted by Crippen LogP contribution is -2.23. The second-order valence-corrected chi connectivity index (χ2v) is 6.75. The second kappa shape index (κ2) is 7.38. The molecule has 1 aliphatic rings. The van der Waals surface area contributed by atoms with Crippen molar-refractivity contribution >= 4 is 23.3 Å². The predicted octanol–water partition coefficient (Wildman–Crippen LogP) is 3.53. The van der Waals surface area contributed by atoms with E-state index in [-0.39, 0.29) is 12.3 Å². The number of hydrogen-bond acceptors (Lipinski definition) is 4. The van der Waals surface area contributed by atoms with Gasteiger partial charge in [-0.3, -0.25) is 9.59 Å². The summed E-state index contributed by atoms with van der Waals surface area (Å²) in [5.41, 5.74) is 2.70. The number of fused-ring (bicyclic) bond motifs is 1. The molecule has 1 unspecified atom stereocenters. The number of ether oxygens (including phenoxy) is 1. The van der Waals surface area contributed by atoms with Crippen molar-refractivity contribution in [2.75, 3.05) is 17.7 Å². The van der Waals surface area contributed by atoms with Crippen molar-refractivity contribution in [1.82, 2.24) is 9.78 Å². The number of hydrogen-bond donors (Lipinski definition) is 2. The van der Waals surface area contributed by atoms with E-state index in [1.54, 1.807) is 13.2 Å². The fourth-order valence-corrected chi connectivity index (χ4v) is 3.46. The highest BCUT2D eigenvalue weighted by Crippen LogP contribution is 2.39. The highest BCUT2D eigenvalue weighted by Gasteiger charge is 2.36. The molecule has 8 heteroatoms. The molecule has 1 aliphatic heterocycles. The average Bonchev–Trinajstić information content (AvgIpc) is 3.15. The van der Waals surface area contributed by atoms with Gasteiger partial charge >= 0.3 is 0 Å². The van der Waals surface area contributed by atoms with Gasteiger partial charge in [0.1, 0.15) is 23.4 Å². The van der Waals surface area contributed by atoms with Crippen molar-refractivity contribution in [3.05, 3.63) is 60.0 Å². The number of halogens is 1. The van der Waals surface area contributed by atoms with Gasteiger partial charge in [0.2, 0.25) is 5.91 Å². The molecule has 2 amide bonds. The Hall–Kier alpha value is -3.68. The number of rotatable bonds is 5.